The van der Waals surface area contributed by atoms with Crippen LogP contribution in [0.25, 0.3) is 10.9 Å². The number of hydrogen-bond acceptors (Lipinski definition) is 3. The molecule has 1 aliphatic heterocycles. The van der Waals surface area contributed by atoms with Crippen molar-refractivity contribution in [1.29, 1.82) is 0 Å². The van der Waals surface area contributed by atoms with Crippen LogP contribution in [0.2, 0.25) is 0 Å². The first kappa shape index (κ1) is 24.5. The topological polar surface area (TPSA) is 63.6 Å². The number of hydrogen-bond donors (Lipinski definition) is 1. The third kappa shape index (κ3) is 4.24. The molecule has 5 aromatic rings. The summed E-state index contributed by atoms with van der Waals surface area (Å²) in [4.78, 5) is 29.1. The quantitative estimate of drug-likeness (QED) is 0.269. The smallest absolute Gasteiger partial charge is 0.255 e. The summed E-state index contributed by atoms with van der Waals surface area (Å²) in [6.07, 6.45) is 0. The number of benzene rings is 4. The lowest BCUT2D eigenvalue weighted by atomic mass is 9.95. The predicted octanol–water partition coefficient (Wildman–Crippen LogP) is 6.85. The molecular formula is C33H29N3O3. The zero-order valence-electron chi connectivity index (χ0n) is 22.1. The molecule has 2 heterocycles. The van der Waals surface area contributed by atoms with Gasteiger partial charge in [-0.05, 0) is 67.9 Å². The molecule has 1 N–H and O–H groups in total. The maximum atomic E-state index is 13.8. The minimum atomic E-state index is -0.714. The molecular weight excluding hydrogens is 486 g/mol. The van der Waals surface area contributed by atoms with Crippen molar-refractivity contribution in [1.82, 2.24) is 9.47 Å². The van der Waals surface area contributed by atoms with E-state index in [0.29, 0.717) is 17.0 Å². The molecule has 2 atom stereocenters. The number of amides is 2. The third-order valence-electron chi connectivity index (χ3n) is 7.62. The van der Waals surface area contributed by atoms with E-state index in [2.05, 4.69) is 28.9 Å². The number of ether oxygens (including phenoxy) is 1. The number of anilines is 1. The Labute approximate surface area is 227 Å². The van der Waals surface area contributed by atoms with Crippen LogP contribution < -0.4 is 10.1 Å². The fourth-order valence-corrected chi connectivity index (χ4v) is 5.53. The maximum absolute atomic E-state index is 13.8. The number of aromatic nitrogens is 1. The monoisotopic (exact) mass is 515 g/mol. The van der Waals surface area contributed by atoms with Crippen molar-refractivity contribution in [3.63, 3.8) is 0 Å². The molecule has 0 fully saturated rings. The van der Waals surface area contributed by atoms with Crippen LogP contribution in [0, 0.1) is 6.92 Å². The van der Waals surface area contributed by atoms with Gasteiger partial charge in [-0.15, -0.1) is 0 Å². The highest BCUT2D eigenvalue weighted by Crippen LogP contribution is 2.44. The Kier molecular flexibility index (Phi) is 6.15. The van der Waals surface area contributed by atoms with Crippen LogP contribution in [-0.4, -0.2) is 27.3 Å². The lowest BCUT2D eigenvalue weighted by molar-refractivity contribution is -0.120. The van der Waals surface area contributed by atoms with E-state index in [9.17, 15) is 9.59 Å². The van der Waals surface area contributed by atoms with Crippen LogP contribution in [0.3, 0.4) is 0 Å². The molecule has 0 bridgehead atoms. The van der Waals surface area contributed by atoms with Crippen LogP contribution in [0.1, 0.15) is 40.1 Å². The van der Waals surface area contributed by atoms with Crippen molar-refractivity contribution in [2.45, 2.75) is 25.9 Å². The number of rotatable bonds is 6. The zero-order chi connectivity index (χ0) is 27.1. The Morgan fingerprint density at radius 1 is 0.846 bits per heavy atom. The minimum absolute atomic E-state index is 0.141. The van der Waals surface area contributed by atoms with Crippen LogP contribution in [0.4, 0.5) is 5.69 Å². The highest BCUT2D eigenvalue weighted by Gasteiger charge is 2.43. The van der Waals surface area contributed by atoms with Crippen LogP contribution in [-0.2, 0) is 11.8 Å². The average molecular weight is 516 g/mol. The molecule has 6 rings (SSSR count). The summed E-state index contributed by atoms with van der Waals surface area (Å²) in [7, 11) is 2.04. The van der Waals surface area contributed by atoms with Gasteiger partial charge in [-0.1, -0.05) is 54.6 Å². The molecule has 0 aliphatic carbocycles. The normalized spacial score (nSPS) is 15.3. The summed E-state index contributed by atoms with van der Waals surface area (Å²) in [5.74, 6) is 1.02. The van der Waals surface area contributed by atoms with Crippen LogP contribution >= 0.6 is 0 Å². The Balaban J connectivity index is 1.30. The Hall–Kier alpha value is -4.84. The van der Waals surface area contributed by atoms with Gasteiger partial charge >= 0.3 is 0 Å². The predicted molar refractivity (Wildman–Crippen MR) is 153 cm³/mol. The van der Waals surface area contributed by atoms with E-state index in [1.807, 2.05) is 85.9 Å². The van der Waals surface area contributed by atoms with E-state index < -0.39 is 6.04 Å². The molecule has 2 amide bonds. The summed E-state index contributed by atoms with van der Waals surface area (Å²) in [6.45, 7) is 3.86. The SMILES string of the molecule is Cc1c(C2c3ccccc3C(=O)N2C(C)C(=O)Nc2ccc(Oc3ccccc3)cc2)c2ccccc2n1C. The van der Waals surface area contributed by atoms with Gasteiger partial charge < -0.3 is 19.5 Å². The Bertz CT molecular complexity index is 1690. The van der Waals surface area contributed by atoms with Gasteiger partial charge in [0.15, 0.2) is 0 Å². The van der Waals surface area contributed by atoms with Crippen molar-refractivity contribution in [3.8, 4) is 11.5 Å². The van der Waals surface area contributed by atoms with Crippen molar-refractivity contribution in [2.24, 2.45) is 7.05 Å². The summed E-state index contributed by atoms with van der Waals surface area (Å²) in [5.41, 5.74) is 5.40. The molecule has 0 spiro atoms. The van der Waals surface area contributed by atoms with Gasteiger partial charge in [0.1, 0.15) is 17.5 Å². The lowest BCUT2D eigenvalue weighted by Gasteiger charge is -2.31. The van der Waals surface area contributed by atoms with Gasteiger partial charge in [-0.3, -0.25) is 9.59 Å². The number of para-hydroxylation sites is 2. The number of nitrogens with zero attached hydrogens (tertiary/aromatic N) is 2. The molecule has 6 nitrogen and oxygen atoms in total. The fraction of sp³-hybridized carbons (Fsp3) is 0.152. The molecule has 39 heavy (non-hydrogen) atoms. The number of fused-ring (bicyclic) bond motifs is 2. The summed E-state index contributed by atoms with van der Waals surface area (Å²) < 4.78 is 8.01. The lowest BCUT2D eigenvalue weighted by Crippen LogP contribution is -2.44. The second-order valence-electron chi connectivity index (χ2n) is 9.88. The molecule has 0 radical (unpaired) electrons. The summed E-state index contributed by atoms with van der Waals surface area (Å²) >= 11 is 0. The first-order valence-electron chi connectivity index (χ1n) is 13.0. The van der Waals surface area contributed by atoms with Gasteiger partial charge in [0.05, 0.1) is 6.04 Å². The summed E-state index contributed by atoms with van der Waals surface area (Å²) in [6, 6.07) is 31.5. The van der Waals surface area contributed by atoms with E-state index in [1.54, 1.807) is 24.0 Å². The van der Waals surface area contributed by atoms with E-state index in [1.165, 1.54) is 0 Å². The number of carbonyl (C=O) groups is 2. The number of carbonyl (C=O) groups excluding carboxylic acids is 2. The first-order valence-corrected chi connectivity index (χ1v) is 13.0. The maximum Gasteiger partial charge on any atom is 0.255 e. The molecule has 2 unspecified atom stereocenters. The first-order chi connectivity index (χ1) is 18.9. The Morgan fingerprint density at radius 3 is 2.26 bits per heavy atom. The highest BCUT2D eigenvalue weighted by atomic mass is 16.5. The molecule has 6 heteroatoms. The van der Waals surface area contributed by atoms with Crippen molar-refractivity contribution in [3.05, 3.63) is 126 Å². The number of nitrogens with one attached hydrogen (secondary N) is 1. The molecule has 0 saturated carbocycles. The second-order valence-corrected chi connectivity index (χ2v) is 9.88. The molecule has 1 aromatic heterocycles. The standard InChI is InChI=1S/C33H29N3O3/c1-21-30(28-15-9-10-16-29(28)35(21)3)31-26-13-7-8-14-27(26)33(38)36(31)22(2)32(37)34-23-17-19-25(20-18-23)39-24-11-5-4-6-12-24/h4-20,22,31H,1-3H3,(H,34,37). The zero-order valence-corrected chi connectivity index (χ0v) is 22.1. The van der Waals surface area contributed by atoms with Crippen molar-refractivity contribution >= 4 is 28.4 Å². The fourth-order valence-electron chi connectivity index (χ4n) is 5.53. The van der Waals surface area contributed by atoms with E-state index >= 15 is 0 Å². The Morgan fingerprint density at radius 2 is 1.49 bits per heavy atom. The van der Waals surface area contributed by atoms with E-state index in [4.69, 9.17) is 4.74 Å². The van der Waals surface area contributed by atoms with Gasteiger partial charge in [-0.2, -0.15) is 0 Å². The second kappa shape index (κ2) is 9.80. The minimum Gasteiger partial charge on any atom is -0.457 e. The van der Waals surface area contributed by atoms with Gasteiger partial charge in [0, 0.05) is 40.5 Å². The third-order valence-corrected chi connectivity index (χ3v) is 7.62. The highest BCUT2D eigenvalue weighted by molar-refractivity contribution is 6.05. The van der Waals surface area contributed by atoms with Crippen molar-refractivity contribution < 1.29 is 14.3 Å². The average Bonchev–Trinajstić information content (AvgIpc) is 3.39. The van der Waals surface area contributed by atoms with Crippen molar-refractivity contribution in [2.75, 3.05) is 5.32 Å². The largest absolute Gasteiger partial charge is 0.457 e. The molecule has 4 aromatic carbocycles. The van der Waals surface area contributed by atoms with Crippen LogP contribution in [0.15, 0.2) is 103 Å². The molecule has 194 valence electrons. The molecule has 1 aliphatic rings. The van der Waals surface area contributed by atoms with Crippen LogP contribution in [0.5, 0.6) is 11.5 Å². The van der Waals surface area contributed by atoms with Gasteiger partial charge in [0.25, 0.3) is 5.91 Å². The van der Waals surface area contributed by atoms with E-state index in [-0.39, 0.29) is 17.9 Å². The summed E-state index contributed by atoms with van der Waals surface area (Å²) in [5, 5.41) is 4.07. The van der Waals surface area contributed by atoms with Gasteiger partial charge in [-0.25, -0.2) is 0 Å². The number of aryl methyl sites for hydroxylation is 1. The van der Waals surface area contributed by atoms with E-state index in [0.717, 1.165) is 33.5 Å². The van der Waals surface area contributed by atoms with Gasteiger partial charge in [0.2, 0.25) is 5.91 Å². The molecule has 0 saturated heterocycles.